The zero-order valence-corrected chi connectivity index (χ0v) is 9.68. The number of carboxylic acids is 1. The third-order valence-corrected chi connectivity index (χ3v) is 2.32. The number of aromatic carboxylic acids is 1. The Balaban J connectivity index is 2.73. The third kappa shape index (κ3) is 3.46. The summed E-state index contributed by atoms with van der Waals surface area (Å²) in [5.74, 6) is 4.29. The minimum Gasteiger partial charge on any atom is -0.478 e. The summed E-state index contributed by atoms with van der Waals surface area (Å²) >= 11 is 0. The number of hydrogen-bond donors (Lipinski definition) is 3. The number of nitrogens with two attached hydrogens (primary N) is 1. The molecule has 0 saturated carbocycles. The molecule has 0 aromatic heterocycles. The van der Waals surface area contributed by atoms with Crippen LogP contribution in [-0.4, -0.2) is 29.2 Å². The van der Waals surface area contributed by atoms with Crippen LogP contribution < -0.4 is 11.2 Å². The van der Waals surface area contributed by atoms with E-state index in [9.17, 15) is 9.59 Å². The number of amides is 2. The van der Waals surface area contributed by atoms with Gasteiger partial charge in [-0.05, 0) is 24.6 Å². The molecule has 0 saturated heterocycles. The number of carbonyl (C=O) groups excluding carboxylic acids is 1. The van der Waals surface area contributed by atoms with Crippen LogP contribution in [0.25, 0.3) is 0 Å². The molecule has 2 amide bonds. The lowest BCUT2D eigenvalue weighted by Crippen LogP contribution is -2.42. The molecule has 0 unspecified atom stereocenters. The molecule has 1 atom stereocenters. The van der Waals surface area contributed by atoms with Crippen molar-refractivity contribution in [2.45, 2.75) is 13.0 Å². The molecule has 4 N–H and O–H groups in total. The molecular weight excluding hydrogens is 222 g/mol. The van der Waals surface area contributed by atoms with Crippen LogP contribution in [0.5, 0.6) is 0 Å². The smallest absolute Gasteiger partial charge is 0.335 e. The van der Waals surface area contributed by atoms with E-state index in [2.05, 4.69) is 5.32 Å². The van der Waals surface area contributed by atoms with Gasteiger partial charge in [0.2, 0.25) is 0 Å². The average Bonchev–Trinajstić information content (AvgIpc) is 2.28. The highest BCUT2D eigenvalue weighted by molar-refractivity contribution is 5.87. The normalized spacial score (nSPS) is 11.7. The highest BCUT2D eigenvalue weighted by Crippen LogP contribution is 2.13. The van der Waals surface area contributed by atoms with Crippen LogP contribution in [-0.2, 0) is 0 Å². The molecule has 0 spiro atoms. The highest BCUT2D eigenvalue weighted by atomic mass is 16.4. The quantitative estimate of drug-likeness (QED) is 0.414. The Labute approximate surface area is 99.0 Å². The molecule has 0 fully saturated rings. The number of hydrazine groups is 1. The Morgan fingerprint density at radius 1 is 1.35 bits per heavy atom. The number of nitrogens with one attached hydrogen (secondary N) is 1. The maximum Gasteiger partial charge on any atom is 0.335 e. The van der Waals surface area contributed by atoms with E-state index in [4.69, 9.17) is 10.9 Å². The van der Waals surface area contributed by atoms with Gasteiger partial charge < -0.3 is 10.4 Å². The largest absolute Gasteiger partial charge is 0.478 e. The molecule has 0 aliphatic heterocycles. The van der Waals surface area contributed by atoms with Crippen molar-refractivity contribution in [1.82, 2.24) is 10.3 Å². The van der Waals surface area contributed by atoms with E-state index in [0.29, 0.717) is 0 Å². The van der Waals surface area contributed by atoms with Gasteiger partial charge in [-0.2, -0.15) is 0 Å². The molecule has 1 aromatic rings. The highest BCUT2D eigenvalue weighted by Gasteiger charge is 2.11. The van der Waals surface area contributed by atoms with Crippen LogP contribution in [0.1, 0.15) is 28.9 Å². The van der Waals surface area contributed by atoms with Crippen molar-refractivity contribution < 1.29 is 14.7 Å². The van der Waals surface area contributed by atoms with Crippen LogP contribution in [0.2, 0.25) is 0 Å². The molecule has 92 valence electrons. The lowest BCUT2D eigenvalue weighted by Gasteiger charge is -2.17. The first kappa shape index (κ1) is 13.0. The maximum atomic E-state index is 11.3. The van der Waals surface area contributed by atoms with E-state index in [1.54, 1.807) is 19.1 Å². The molecule has 0 aliphatic rings. The number of benzene rings is 1. The van der Waals surface area contributed by atoms with Gasteiger partial charge in [-0.1, -0.05) is 12.1 Å². The Hall–Kier alpha value is -2.08. The van der Waals surface area contributed by atoms with Crippen molar-refractivity contribution >= 4 is 12.0 Å². The molecule has 1 rings (SSSR count). The minimum absolute atomic E-state index is 0.211. The second kappa shape index (κ2) is 5.31. The predicted molar refractivity (Wildman–Crippen MR) is 62.3 cm³/mol. The summed E-state index contributed by atoms with van der Waals surface area (Å²) in [4.78, 5) is 22.0. The predicted octanol–water partition coefficient (Wildman–Crippen LogP) is 0.961. The van der Waals surface area contributed by atoms with Gasteiger partial charge in [-0.15, -0.1) is 0 Å². The van der Waals surface area contributed by atoms with Crippen LogP contribution >= 0.6 is 0 Å². The monoisotopic (exact) mass is 237 g/mol. The van der Waals surface area contributed by atoms with Crippen LogP contribution in [0, 0.1) is 0 Å². The van der Waals surface area contributed by atoms with Crippen molar-refractivity contribution in [2.24, 2.45) is 5.84 Å². The lowest BCUT2D eigenvalue weighted by molar-refractivity contribution is 0.0697. The molecule has 6 heteroatoms. The SMILES string of the molecule is C[C@@H](NC(=O)N(C)N)c1ccc(C(=O)O)cc1. The molecule has 0 heterocycles. The fourth-order valence-corrected chi connectivity index (χ4v) is 1.28. The summed E-state index contributed by atoms with van der Waals surface area (Å²) in [5, 5.41) is 12.3. The zero-order valence-electron chi connectivity index (χ0n) is 9.68. The first-order valence-corrected chi connectivity index (χ1v) is 5.04. The number of urea groups is 1. The lowest BCUT2D eigenvalue weighted by atomic mass is 10.1. The van der Waals surface area contributed by atoms with Gasteiger partial charge in [0.15, 0.2) is 0 Å². The van der Waals surface area contributed by atoms with E-state index in [1.165, 1.54) is 19.2 Å². The van der Waals surface area contributed by atoms with Gasteiger partial charge in [0.05, 0.1) is 11.6 Å². The summed E-state index contributed by atoms with van der Waals surface area (Å²) in [6.45, 7) is 1.79. The van der Waals surface area contributed by atoms with Crippen molar-refractivity contribution in [3.05, 3.63) is 35.4 Å². The number of rotatable bonds is 3. The van der Waals surface area contributed by atoms with E-state index < -0.39 is 12.0 Å². The molecular formula is C11H15N3O3. The first-order chi connectivity index (χ1) is 7.91. The van der Waals surface area contributed by atoms with Gasteiger partial charge in [-0.25, -0.2) is 15.4 Å². The second-order valence-corrected chi connectivity index (χ2v) is 3.71. The van der Waals surface area contributed by atoms with Crippen LogP contribution in [0.3, 0.4) is 0 Å². The van der Waals surface area contributed by atoms with Crippen molar-refractivity contribution in [2.75, 3.05) is 7.05 Å². The minimum atomic E-state index is -0.977. The summed E-state index contributed by atoms with van der Waals surface area (Å²) in [5.41, 5.74) is 1.02. The van der Waals surface area contributed by atoms with Gasteiger partial charge in [0, 0.05) is 7.05 Å². The van der Waals surface area contributed by atoms with Gasteiger partial charge in [0.25, 0.3) is 0 Å². The standard InChI is InChI=1S/C11H15N3O3/c1-7(13-11(17)14(2)12)8-3-5-9(6-4-8)10(15)16/h3-7H,12H2,1-2H3,(H,13,17)(H,15,16)/t7-/m1/s1. The molecule has 6 nitrogen and oxygen atoms in total. The summed E-state index contributed by atoms with van der Waals surface area (Å²) in [6, 6.07) is 5.66. The van der Waals surface area contributed by atoms with E-state index in [1.807, 2.05) is 0 Å². The molecule has 0 radical (unpaired) electrons. The first-order valence-electron chi connectivity index (χ1n) is 5.04. The van der Waals surface area contributed by atoms with E-state index in [-0.39, 0.29) is 11.6 Å². The fourth-order valence-electron chi connectivity index (χ4n) is 1.28. The van der Waals surface area contributed by atoms with Gasteiger partial charge in [-0.3, -0.25) is 5.01 Å². The number of carboxylic acid groups (broad SMARTS) is 1. The Kier molecular flexibility index (Phi) is 4.06. The number of nitrogens with zero attached hydrogens (tertiary/aromatic N) is 1. The van der Waals surface area contributed by atoms with E-state index >= 15 is 0 Å². The fraction of sp³-hybridized carbons (Fsp3) is 0.273. The zero-order chi connectivity index (χ0) is 13.0. The number of hydrogen-bond acceptors (Lipinski definition) is 3. The van der Waals surface area contributed by atoms with Crippen molar-refractivity contribution in [3.63, 3.8) is 0 Å². The molecule has 0 aliphatic carbocycles. The summed E-state index contributed by atoms with van der Waals surface area (Å²) in [7, 11) is 1.44. The molecule has 17 heavy (non-hydrogen) atoms. The average molecular weight is 237 g/mol. The third-order valence-electron chi connectivity index (χ3n) is 2.32. The van der Waals surface area contributed by atoms with Gasteiger partial charge in [0.1, 0.15) is 0 Å². The Morgan fingerprint density at radius 2 is 1.88 bits per heavy atom. The topological polar surface area (TPSA) is 95.7 Å². The van der Waals surface area contributed by atoms with Crippen LogP contribution in [0.15, 0.2) is 24.3 Å². The number of carbonyl (C=O) groups is 2. The summed E-state index contributed by atoms with van der Waals surface area (Å²) in [6.07, 6.45) is 0. The van der Waals surface area contributed by atoms with Crippen LogP contribution in [0.4, 0.5) is 4.79 Å². The van der Waals surface area contributed by atoms with Gasteiger partial charge >= 0.3 is 12.0 Å². The van der Waals surface area contributed by atoms with Crippen molar-refractivity contribution in [3.8, 4) is 0 Å². The Bertz CT molecular complexity index is 414. The molecule has 1 aromatic carbocycles. The molecule has 0 bridgehead atoms. The van der Waals surface area contributed by atoms with Crippen molar-refractivity contribution in [1.29, 1.82) is 0 Å². The van der Waals surface area contributed by atoms with E-state index in [0.717, 1.165) is 10.6 Å². The Morgan fingerprint density at radius 3 is 2.29 bits per heavy atom. The summed E-state index contributed by atoms with van der Waals surface area (Å²) < 4.78 is 0. The maximum absolute atomic E-state index is 11.3. The second-order valence-electron chi connectivity index (χ2n) is 3.71.